The third kappa shape index (κ3) is 4.34. The van der Waals surface area contributed by atoms with Crippen LogP contribution in [0.15, 0.2) is 29.4 Å². The van der Waals surface area contributed by atoms with E-state index in [1.54, 1.807) is 23.9 Å². The van der Waals surface area contributed by atoms with Gasteiger partial charge in [0.2, 0.25) is 0 Å². The zero-order valence-electron chi connectivity index (χ0n) is 13.7. The molecule has 1 aromatic heterocycles. The van der Waals surface area contributed by atoms with E-state index in [-0.39, 0.29) is 12.4 Å². The standard InChI is InChI=1S/C17H23FN4OS/c18-14-5-7-15(8-6-14)22-16(13-21-9-2-1-3-10-21)19-20-17(22)24-12-4-11-23/h5-8,23H,1-4,9-13H2. The van der Waals surface area contributed by atoms with Gasteiger partial charge in [-0.15, -0.1) is 10.2 Å². The van der Waals surface area contributed by atoms with E-state index in [2.05, 4.69) is 15.1 Å². The van der Waals surface area contributed by atoms with E-state index in [9.17, 15) is 4.39 Å². The van der Waals surface area contributed by atoms with Crippen molar-refractivity contribution >= 4 is 11.8 Å². The molecule has 1 saturated heterocycles. The predicted molar refractivity (Wildman–Crippen MR) is 92.9 cm³/mol. The molecule has 24 heavy (non-hydrogen) atoms. The number of halogens is 1. The molecule has 0 bridgehead atoms. The fourth-order valence-electron chi connectivity index (χ4n) is 2.89. The molecule has 7 heteroatoms. The number of piperidine rings is 1. The summed E-state index contributed by atoms with van der Waals surface area (Å²) >= 11 is 1.57. The third-order valence-corrected chi connectivity index (χ3v) is 5.15. The first-order valence-corrected chi connectivity index (χ1v) is 9.43. The van der Waals surface area contributed by atoms with Crippen LogP contribution in [-0.4, -0.2) is 50.2 Å². The van der Waals surface area contributed by atoms with Crippen molar-refractivity contribution in [2.75, 3.05) is 25.4 Å². The molecule has 1 aliphatic rings. The Kier molecular flexibility index (Phi) is 6.23. The number of aliphatic hydroxyl groups excluding tert-OH is 1. The van der Waals surface area contributed by atoms with Gasteiger partial charge in [0.05, 0.1) is 6.54 Å². The molecule has 0 spiro atoms. The van der Waals surface area contributed by atoms with Crippen molar-refractivity contribution < 1.29 is 9.50 Å². The van der Waals surface area contributed by atoms with E-state index in [0.29, 0.717) is 6.42 Å². The number of nitrogens with zero attached hydrogens (tertiary/aromatic N) is 4. The number of hydrogen-bond acceptors (Lipinski definition) is 5. The number of aliphatic hydroxyl groups is 1. The van der Waals surface area contributed by atoms with Crippen LogP contribution in [0.5, 0.6) is 0 Å². The largest absolute Gasteiger partial charge is 0.396 e. The molecule has 0 radical (unpaired) electrons. The van der Waals surface area contributed by atoms with Crippen molar-refractivity contribution in [1.29, 1.82) is 0 Å². The summed E-state index contributed by atoms with van der Waals surface area (Å²) in [5.74, 6) is 1.41. The minimum atomic E-state index is -0.251. The number of benzene rings is 1. The van der Waals surface area contributed by atoms with Crippen molar-refractivity contribution in [3.05, 3.63) is 35.9 Å². The number of hydrogen-bond donors (Lipinski definition) is 1. The van der Waals surface area contributed by atoms with Crippen molar-refractivity contribution in [3.8, 4) is 5.69 Å². The summed E-state index contributed by atoms with van der Waals surface area (Å²) in [5.41, 5.74) is 0.875. The third-order valence-electron chi connectivity index (χ3n) is 4.13. The lowest BCUT2D eigenvalue weighted by atomic mass is 10.1. The van der Waals surface area contributed by atoms with Crippen molar-refractivity contribution in [3.63, 3.8) is 0 Å². The molecule has 0 unspecified atom stereocenters. The Hall–Kier alpha value is -1.44. The lowest BCUT2D eigenvalue weighted by Crippen LogP contribution is -2.30. The SMILES string of the molecule is OCCCSc1nnc(CN2CCCCC2)n1-c1ccc(F)cc1. The van der Waals surface area contributed by atoms with E-state index in [4.69, 9.17) is 5.11 Å². The van der Waals surface area contributed by atoms with Gasteiger partial charge in [0.25, 0.3) is 0 Å². The van der Waals surface area contributed by atoms with Crippen molar-refractivity contribution in [2.24, 2.45) is 0 Å². The van der Waals surface area contributed by atoms with Crippen LogP contribution in [0.3, 0.4) is 0 Å². The maximum atomic E-state index is 13.3. The first kappa shape index (κ1) is 17.4. The van der Waals surface area contributed by atoms with Gasteiger partial charge in [0.15, 0.2) is 11.0 Å². The number of thioether (sulfide) groups is 1. The van der Waals surface area contributed by atoms with Crippen LogP contribution < -0.4 is 0 Å². The van der Waals surface area contributed by atoms with Crippen LogP contribution >= 0.6 is 11.8 Å². The first-order valence-electron chi connectivity index (χ1n) is 8.44. The topological polar surface area (TPSA) is 54.2 Å². The quantitative estimate of drug-likeness (QED) is 0.615. The number of likely N-dealkylation sites (tertiary alicyclic amines) is 1. The minimum Gasteiger partial charge on any atom is -0.396 e. The molecule has 130 valence electrons. The summed E-state index contributed by atoms with van der Waals surface area (Å²) < 4.78 is 15.3. The molecule has 1 N–H and O–H groups in total. The first-order chi connectivity index (χ1) is 11.8. The fraction of sp³-hybridized carbons (Fsp3) is 0.529. The number of rotatable bonds is 7. The van der Waals surface area contributed by atoms with Crippen LogP contribution in [-0.2, 0) is 6.54 Å². The zero-order valence-corrected chi connectivity index (χ0v) is 14.5. The van der Waals surface area contributed by atoms with E-state index in [1.165, 1.54) is 31.4 Å². The van der Waals surface area contributed by atoms with Gasteiger partial charge in [0.1, 0.15) is 5.82 Å². The Morgan fingerprint density at radius 2 is 1.83 bits per heavy atom. The highest BCUT2D eigenvalue weighted by Crippen LogP contribution is 2.24. The normalized spacial score (nSPS) is 15.8. The van der Waals surface area contributed by atoms with E-state index in [0.717, 1.165) is 42.1 Å². The molecule has 1 aromatic carbocycles. The second-order valence-corrected chi connectivity index (χ2v) is 7.04. The average Bonchev–Trinajstić information content (AvgIpc) is 2.99. The fourth-order valence-corrected chi connectivity index (χ4v) is 3.79. The van der Waals surface area contributed by atoms with Gasteiger partial charge in [0, 0.05) is 18.0 Å². The molecule has 3 rings (SSSR count). The molecule has 0 amide bonds. The molecular formula is C17H23FN4OS. The van der Waals surface area contributed by atoms with Gasteiger partial charge < -0.3 is 5.11 Å². The monoisotopic (exact) mass is 350 g/mol. The molecule has 0 aliphatic carbocycles. The van der Waals surface area contributed by atoms with Gasteiger partial charge in [-0.1, -0.05) is 18.2 Å². The van der Waals surface area contributed by atoms with Crippen LogP contribution in [0.4, 0.5) is 4.39 Å². The van der Waals surface area contributed by atoms with E-state index >= 15 is 0 Å². The van der Waals surface area contributed by atoms with Crippen LogP contribution in [0, 0.1) is 5.82 Å². The molecule has 1 aliphatic heterocycles. The second-order valence-electron chi connectivity index (χ2n) is 5.97. The second kappa shape index (κ2) is 8.60. The van der Waals surface area contributed by atoms with Gasteiger partial charge in [-0.05, 0) is 56.6 Å². The molecule has 2 aromatic rings. The number of aromatic nitrogens is 3. The maximum Gasteiger partial charge on any atom is 0.195 e. The molecule has 0 atom stereocenters. The van der Waals surface area contributed by atoms with Gasteiger partial charge in [-0.25, -0.2) is 4.39 Å². The highest BCUT2D eigenvalue weighted by atomic mass is 32.2. The molecule has 1 fully saturated rings. The summed E-state index contributed by atoms with van der Waals surface area (Å²) in [5, 5.41) is 18.5. The minimum absolute atomic E-state index is 0.165. The van der Waals surface area contributed by atoms with Gasteiger partial charge in [-0.2, -0.15) is 0 Å². The van der Waals surface area contributed by atoms with E-state index in [1.807, 2.05) is 4.57 Å². The summed E-state index contributed by atoms with van der Waals surface area (Å²) in [6, 6.07) is 6.44. The molecule has 2 heterocycles. The van der Waals surface area contributed by atoms with Crippen LogP contribution in [0.25, 0.3) is 5.69 Å². The highest BCUT2D eigenvalue weighted by molar-refractivity contribution is 7.99. The predicted octanol–water partition coefficient (Wildman–Crippen LogP) is 2.87. The average molecular weight is 350 g/mol. The summed E-state index contributed by atoms with van der Waals surface area (Å²) in [6.07, 6.45) is 4.46. The van der Waals surface area contributed by atoms with Gasteiger partial charge >= 0.3 is 0 Å². The Balaban J connectivity index is 1.85. The Labute approximate surface area is 145 Å². The summed E-state index contributed by atoms with van der Waals surface area (Å²) in [7, 11) is 0. The molecular weight excluding hydrogens is 327 g/mol. The van der Waals surface area contributed by atoms with Gasteiger partial charge in [-0.3, -0.25) is 9.47 Å². The summed E-state index contributed by atoms with van der Waals surface area (Å²) in [4.78, 5) is 2.40. The Morgan fingerprint density at radius 1 is 1.08 bits per heavy atom. The van der Waals surface area contributed by atoms with Crippen LogP contribution in [0.1, 0.15) is 31.5 Å². The van der Waals surface area contributed by atoms with E-state index < -0.39 is 0 Å². The highest BCUT2D eigenvalue weighted by Gasteiger charge is 2.18. The maximum absolute atomic E-state index is 13.3. The zero-order chi connectivity index (χ0) is 16.8. The molecule has 5 nitrogen and oxygen atoms in total. The van der Waals surface area contributed by atoms with Crippen molar-refractivity contribution in [2.45, 2.75) is 37.4 Å². The molecule has 0 saturated carbocycles. The summed E-state index contributed by atoms with van der Waals surface area (Å²) in [6.45, 7) is 3.09. The smallest absolute Gasteiger partial charge is 0.195 e. The Morgan fingerprint density at radius 3 is 2.54 bits per heavy atom. The van der Waals surface area contributed by atoms with Crippen molar-refractivity contribution in [1.82, 2.24) is 19.7 Å². The van der Waals surface area contributed by atoms with Crippen LogP contribution in [0.2, 0.25) is 0 Å². The lowest BCUT2D eigenvalue weighted by Gasteiger charge is -2.26. The Bertz CT molecular complexity index is 641. The lowest BCUT2D eigenvalue weighted by molar-refractivity contribution is 0.214.